The topological polar surface area (TPSA) is 39.2 Å². The fourth-order valence-corrected chi connectivity index (χ4v) is 2.22. The molecule has 0 saturated heterocycles. The number of carbonyl (C=O) groups excluding carboxylic acids is 1. The van der Waals surface area contributed by atoms with Gasteiger partial charge in [0.15, 0.2) is 5.78 Å². The van der Waals surface area contributed by atoms with Gasteiger partial charge in [0, 0.05) is 16.2 Å². The largest absolute Gasteiger partial charge is 0.492 e. The Balaban J connectivity index is 2.34. The van der Waals surface area contributed by atoms with Crippen molar-refractivity contribution in [2.45, 2.75) is 13.3 Å². The zero-order valence-corrected chi connectivity index (χ0v) is 12.5. The first-order chi connectivity index (χ1) is 9.63. The maximum atomic E-state index is 13.8. The number of benzene rings is 1. The van der Waals surface area contributed by atoms with E-state index in [2.05, 4.69) is 20.9 Å². The normalized spacial score (nSPS) is 10.3. The van der Waals surface area contributed by atoms with Gasteiger partial charge in [0.1, 0.15) is 11.6 Å². The quantitative estimate of drug-likeness (QED) is 0.774. The molecule has 0 spiro atoms. The molecule has 0 unspecified atom stereocenters. The molecule has 1 aromatic heterocycles. The second kappa shape index (κ2) is 6.61. The molecule has 2 aromatic rings. The standard InChI is InChI=1S/C15H13BrFNO2/c1-2-6-20-11-7-10(8-18-9-11)15(19)14-12(16)4-3-5-13(14)17/h3-5,7-9H,2,6H2,1H3. The Morgan fingerprint density at radius 3 is 2.90 bits per heavy atom. The first-order valence-electron chi connectivity index (χ1n) is 6.20. The van der Waals surface area contributed by atoms with E-state index in [1.54, 1.807) is 12.1 Å². The number of rotatable bonds is 5. The summed E-state index contributed by atoms with van der Waals surface area (Å²) in [5, 5.41) is 0. The fraction of sp³-hybridized carbons (Fsp3) is 0.200. The minimum Gasteiger partial charge on any atom is -0.492 e. The van der Waals surface area contributed by atoms with Gasteiger partial charge < -0.3 is 4.74 Å². The van der Waals surface area contributed by atoms with E-state index in [0.29, 0.717) is 22.4 Å². The van der Waals surface area contributed by atoms with Crippen LogP contribution in [0.4, 0.5) is 4.39 Å². The lowest BCUT2D eigenvalue weighted by Crippen LogP contribution is -2.06. The van der Waals surface area contributed by atoms with Gasteiger partial charge in [-0.15, -0.1) is 0 Å². The van der Waals surface area contributed by atoms with Crippen LogP contribution in [0.2, 0.25) is 0 Å². The first kappa shape index (κ1) is 14.7. The monoisotopic (exact) mass is 337 g/mol. The van der Waals surface area contributed by atoms with Gasteiger partial charge >= 0.3 is 0 Å². The van der Waals surface area contributed by atoms with Crippen LogP contribution in [0.5, 0.6) is 5.75 Å². The van der Waals surface area contributed by atoms with Crippen molar-refractivity contribution in [3.63, 3.8) is 0 Å². The first-order valence-corrected chi connectivity index (χ1v) is 6.99. The summed E-state index contributed by atoms with van der Waals surface area (Å²) in [4.78, 5) is 16.3. The van der Waals surface area contributed by atoms with Gasteiger partial charge in [0.2, 0.25) is 0 Å². The Kier molecular flexibility index (Phi) is 4.84. The van der Waals surface area contributed by atoms with Crippen molar-refractivity contribution in [1.29, 1.82) is 0 Å². The molecule has 0 saturated carbocycles. The molecule has 0 fully saturated rings. The Morgan fingerprint density at radius 2 is 2.20 bits per heavy atom. The zero-order valence-electron chi connectivity index (χ0n) is 10.9. The van der Waals surface area contributed by atoms with E-state index in [1.807, 2.05) is 6.92 Å². The summed E-state index contributed by atoms with van der Waals surface area (Å²) >= 11 is 3.19. The number of ketones is 1. The molecule has 0 bridgehead atoms. The van der Waals surface area contributed by atoms with Crippen LogP contribution in [0.3, 0.4) is 0 Å². The van der Waals surface area contributed by atoms with Crippen molar-refractivity contribution in [2.24, 2.45) is 0 Å². The van der Waals surface area contributed by atoms with Crippen molar-refractivity contribution in [3.05, 3.63) is 58.1 Å². The molecular weight excluding hydrogens is 325 g/mol. The molecule has 0 amide bonds. The predicted octanol–water partition coefficient (Wildman–Crippen LogP) is 4.00. The van der Waals surface area contributed by atoms with Crippen LogP contribution in [0.25, 0.3) is 0 Å². The van der Waals surface area contributed by atoms with E-state index in [0.717, 1.165) is 6.42 Å². The molecule has 0 N–H and O–H groups in total. The number of nitrogens with zero attached hydrogens (tertiary/aromatic N) is 1. The van der Waals surface area contributed by atoms with E-state index in [-0.39, 0.29) is 5.56 Å². The molecule has 1 heterocycles. The third-order valence-corrected chi connectivity index (χ3v) is 3.30. The number of carbonyl (C=O) groups is 1. The van der Waals surface area contributed by atoms with E-state index in [4.69, 9.17) is 4.74 Å². The maximum Gasteiger partial charge on any atom is 0.198 e. The van der Waals surface area contributed by atoms with Crippen LogP contribution in [-0.2, 0) is 0 Å². The highest BCUT2D eigenvalue weighted by atomic mass is 79.9. The molecule has 5 heteroatoms. The molecule has 1 aromatic carbocycles. The van der Waals surface area contributed by atoms with Crippen molar-refractivity contribution in [1.82, 2.24) is 4.98 Å². The van der Waals surface area contributed by atoms with E-state index >= 15 is 0 Å². The second-order valence-corrected chi connectivity index (χ2v) is 5.04. The van der Waals surface area contributed by atoms with Gasteiger partial charge in [-0.3, -0.25) is 9.78 Å². The molecule has 0 aliphatic rings. The zero-order chi connectivity index (χ0) is 14.5. The van der Waals surface area contributed by atoms with E-state index in [9.17, 15) is 9.18 Å². The maximum absolute atomic E-state index is 13.8. The summed E-state index contributed by atoms with van der Waals surface area (Å²) in [6.45, 7) is 2.53. The number of pyridine rings is 1. The van der Waals surface area contributed by atoms with Crippen molar-refractivity contribution in [2.75, 3.05) is 6.61 Å². The highest BCUT2D eigenvalue weighted by molar-refractivity contribution is 9.10. The van der Waals surface area contributed by atoms with Crippen molar-refractivity contribution >= 4 is 21.7 Å². The second-order valence-electron chi connectivity index (χ2n) is 4.18. The third kappa shape index (κ3) is 3.22. The van der Waals surface area contributed by atoms with Gasteiger partial charge in [-0.2, -0.15) is 0 Å². The van der Waals surface area contributed by atoms with Gasteiger partial charge in [0.05, 0.1) is 18.4 Å². The Morgan fingerprint density at radius 1 is 1.40 bits per heavy atom. The fourth-order valence-electron chi connectivity index (χ4n) is 1.70. The molecule has 104 valence electrons. The molecule has 0 atom stereocenters. The number of halogens is 2. The average Bonchev–Trinajstić information content (AvgIpc) is 2.45. The molecule has 0 aliphatic heterocycles. The summed E-state index contributed by atoms with van der Waals surface area (Å²) in [6, 6.07) is 5.99. The van der Waals surface area contributed by atoms with Gasteiger partial charge in [-0.25, -0.2) is 4.39 Å². The molecule has 0 aliphatic carbocycles. The number of hydrogen-bond donors (Lipinski definition) is 0. The summed E-state index contributed by atoms with van der Waals surface area (Å²) in [6.07, 6.45) is 3.79. The molecule has 3 nitrogen and oxygen atoms in total. The smallest absolute Gasteiger partial charge is 0.198 e. The van der Waals surface area contributed by atoms with Gasteiger partial charge in [-0.05, 0) is 40.5 Å². The highest BCUT2D eigenvalue weighted by Crippen LogP contribution is 2.24. The molecular formula is C15H13BrFNO2. The summed E-state index contributed by atoms with van der Waals surface area (Å²) in [7, 11) is 0. The van der Waals surface area contributed by atoms with Crippen LogP contribution in [0.1, 0.15) is 29.3 Å². The van der Waals surface area contributed by atoms with Crippen LogP contribution < -0.4 is 4.74 Å². The minimum atomic E-state index is -0.566. The van der Waals surface area contributed by atoms with E-state index in [1.165, 1.54) is 24.5 Å². The van der Waals surface area contributed by atoms with Crippen LogP contribution >= 0.6 is 15.9 Å². The minimum absolute atomic E-state index is 0.00180. The summed E-state index contributed by atoms with van der Waals surface area (Å²) in [5.74, 6) is -0.487. The number of hydrogen-bond acceptors (Lipinski definition) is 3. The third-order valence-electron chi connectivity index (χ3n) is 2.64. The van der Waals surface area contributed by atoms with Crippen molar-refractivity contribution < 1.29 is 13.9 Å². The summed E-state index contributed by atoms with van der Waals surface area (Å²) in [5.41, 5.74) is 0.298. The highest BCUT2D eigenvalue weighted by Gasteiger charge is 2.18. The SMILES string of the molecule is CCCOc1cncc(C(=O)c2c(F)cccc2Br)c1. The van der Waals surface area contributed by atoms with E-state index < -0.39 is 11.6 Å². The number of ether oxygens (including phenoxy) is 1. The van der Waals surface area contributed by atoms with Crippen LogP contribution in [-0.4, -0.2) is 17.4 Å². The Bertz CT molecular complexity index is 611. The molecule has 0 radical (unpaired) electrons. The predicted molar refractivity (Wildman–Crippen MR) is 77.6 cm³/mol. The lowest BCUT2D eigenvalue weighted by atomic mass is 10.0. The van der Waals surface area contributed by atoms with Crippen LogP contribution in [0.15, 0.2) is 41.1 Å². The Hall–Kier alpha value is -1.75. The van der Waals surface area contributed by atoms with Crippen LogP contribution in [0, 0.1) is 5.82 Å². The molecule has 2 rings (SSSR count). The van der Waals surface area contributed by atoms with Gasteiger partial charge in [-0.1, -0.05) is 13.0 Å². The lowest BCUT2D eigenvalue weighted by molar-refractivity contribution is 0.103. The summed E-state index contributed by atoms with van der Waals surface area (Å²) < 4.78 is 19.6. The average molecular weight is 338 g/mol. The number of aromatic nitrogens is 1. The Labute approximate surface area is 124 Å². The van der Waals surface area contributed by atoms with Crippen molar-refractivity contribution in [3.8, 4) is 5.75 Å². The molecule has 20 heavy (non-hydrogen) atoms. The lowest BCUT2D eigenvalue weighted by Gasteiger charge is -2.07. The van der Waals surface area contributed by atoms with Gasteiger partial charge in [0.25, 0.3) is 0 Å².